The van der Waals surface area contributed by atoms with E-state index in [1.165, 1.54) is 10.6 Å². The van der Waals surface area contributed by atoms with Gasteiger partial charge in [0.1, 0.15) is 11.5 Å². The molecule has 2 N–H and O–H groups in total. The van der Waals surface area contributed by atoms with Crippen LogP contribution in [-0.4, -0.2) is 64.5 Å². The number of benzene rings is 2. The van der Waals surface area contributed by atoms with Crippen LogP contribution in [0.2, 0.25) is 0 Å². The maximum atomic E-state index is 14.0. The number of nitrogens with two attached hydrogens (primary N) is 1. The van der Waals surface area contributed by atoms with Crippen molar-refractivity contribution in [1.82, 2.24) is 14.9 Å². The molecule has 0 radical (unpaired) electrons. The molecule has 0 saturated carbocycles. The van der Waals surface area contributed by atoms with E-state index in [1.54, 1.807) is 25.8 Å². The number of carbonyl (C=O) groups excluding carboxylic acids is 3. The van der Waals surface area contributed by atoms with Gasteiger partial charge in [-0.05, 0) is 36.8 Å². The number of likely N-dealkylation sites (tertiary alicyclic amines) is 1. The van der Waals surface area contributed by atoms with Gasteiger partial charge in [0.2, 0.25) is 11.8 Å². The van der Waals surface area contributed by atoms with Gasteiger partial charge in [0.15, 0.2) is 0 Å². The summed E-state index contributed by atoms with van der Waals surface area (Å²) in [6.45, 7) is 4.22. The average molecular weight is 540 g/mol. The quantitative estimate of drug-likeness (QED) is 0.300. The number of halogens is 1. The molecule has 9 heteroatoms. The lowest BCUT2D eigenvalue weighted by atomic mass is 9.73. The molecular formula is C29H38ClN5O3. The predicted octanol–water partition coefficient (Wildman–Crippen LogP) is 3.45. The Bertz CT molecular complexity index is 1160. The van der Waals surface area contributed by atoms with E-state index < -0.39 is 11.5 Å². The molecule has 2 aromatic rings. The lowest BCUT2D eigenvalue weighted by Crippen LogP contribution is -2.60. The van der Waals surface area contributed by atoms with Crippen molar-refractivity contribution in [2.24, 2.45) is 22.3 Å². The maximum Gasteiger partial charge on any atom is 0.256 e. The van der Waals surface area contributed by atoms with Crippen LogP contribution in [0.1, 0.15) is 44.2 Å². The van der Waals surface area contributed by atoms with Crippen LogP contribution in [0.25, 0.3) is 0 Å². The Kier molecular flexibility index (Phi) is 9.68. The number of aryl methyl sites for hydroxylation is 1. The second-order valence-electron chi connectivity index (χ2n) is 10.4. The summed E-state index contributed by atoms with van der Waals surface area (Å²) in [6.07, 6.45) is 2.91. The van der Waals surface area contributed by atoms with Crippen LogP contribution in [0.5, 0.6) is 0 Å². The van der Waals surface area contributed by atoms with Gasteiger partial charge in [0.25, 0.3) is 5.91 Å². The minimum atomic E-state index is -0.903. The van der Waals surface area contributed by atoms with Crippen LogP contribution >= 0.6 is 12.4 Å². The largest absolute Gasteiger partial charge is 0.339 e. The number of hydrazone groups is 1. The first kappa shape index (κ1) is 29.3. The van der Waals surface area contributed by atoms with Gasteiger partial charge < -0.3 is 4.90 Å². The lowest BCUT2D eigenvalue weighted by molar-refractivity contribution is -0.150. The molecule has 2 atom stereocenters. The van der Waals surface area contributed by atoms with Crippen LogP contribution in [0, 0.1) is 11.3 Å². The molecule has 1 saturated heterocycles. The zero-order chi connectivity index (χ0) is 26.6. The summed E-state index contributed by atoms with van der Waals surface area (Å²) in [5, 5.41) is 7.06. The number of piperidine rings is 1. The van der Waals surface area contributed by atoms with Crippen molar-refractivity contribution in [3.63, 3.8) is 0 Å². The monoisotopic (exact) mass is 539 g/mol. The van der Waals surface area contributed by atoms with Gasteiger partial charge in [-0.2, -0.15) is 5.10 Å². The summed E-state index contributed by atoms with van der Waals surface area (Å²) >= 11 is 0. The summed E-state index contributed by atoms with van der Waals surface area (Å²) < 4.78 is 0. The molecule has 2 aliphatic rings. The first-order valence-electron chi connectivity index (χ1n) is 13.0. The molecule has 4 rings (SSSR count). The molecule has 8 nitrogen and oxygen atoms in total. The summed E-state index contributed by atoms with van der Waals surface area (Å²) in [4.78, 5) is 42.0. The Labute approximate surface area is 231 Å². The Hall–Kier alpha value is -3.23. The highest BCUT2D eigenvalue weighted by Gasteiger charge is 2.54. The average Bonchev–Trinajstić information content (AvgIpc) is 3.15. The number of hydrogen-bond donors (Lipinski definition) is 1. The number of carbonyl (C=O) groups is 3. The van der Waals surface area contributed by atoms with Crippen molar-refractivity contribution in [3.05, 3.63) is 71.8 Å². The van der Waals surface area contributed by atoms with Gasteiger partial charge in [-0.3, -0.25) is 19.4 Å². The molecule has 1 fully saturated rings. The van der Waals surface area contributed by atoms with Gasteiger partial charge in [0.05, 0.1) is 5.71 Å². The lowest BCUT2D eigenvalue weighted by Gasteiger charge is -2.41. The zero-order valence-electron chi connectivity index (χ0n) is 22.4. The fraction of sp³-hybridized carbons (Fsp3) is 0.448. The highest BCUT2D eigenvalue weighted by molar-refractivity contribution is 6.13. The van der Waals surface area contributed by atoms with Crippen LogP contribution in [0.4, 0.5) is 0 Å². The maximum absolute atomic E-state index is 14.0. The minimum Gasteiger partial charge on any atom is -0.339 e. The number of amides is 3. The molecule has 0 bridgehead atoms. The summed E-state index contributed by atoms with van der Waals surface area (Å²) in [5.41, 5.74) is 2.10. The second kappa shape index (κ2) is 12.5. The Balaban J connectivity index is 0.00000400. The predicted molar refractivity (Wildman–Crippen MR) is 150 cm³/mol. The van der Waals surface area contributed by atoms with E-state index in [9.17, 15) is 14.4 Å². The van der Waals surface area contributed by atoms with E-state index in [4.69, 9.17) is 5.84 Å². The first-order valence-corrected chi connectivity index (χ1v) is 13.0. The Morgan fingerprint density at radius 2 is 1.66 bits per heavy atom. The number of nitrogens with zero attached hydrogens (tertiary/aromatic N) is 4. The van der Waals surface area contributed by atoms with Crippen molar-refractivity contribution in [1.29, 1.82) is 0 Å². The molecule has 2 heterocycles. The molecule has 3 amide bonds. The molecule has 0 aromatic heterocycles. The highest BCUT2D eigenvalue weighted by atomic mass is 35.5. The Morgan fingerprint density at radius 3 is 2.26 bits per heavy atom. The molecule has 204 valence electrons. The van der Waals surface area contributed by atoms with E-state index in [1.807, 2.05) is 48.5 Å². The van der Waals surface area contributed by atoms with Gasteiger partial charge in [-0.25, -0.2) is 10.9 Å². The molecule has 2 aromatic carbocycles. The third-order valence-corrected chi connectivity index (χ3v) is 7.42. The Morgan fingerprint density at radius 1 is 1.05 bits per heavy atom. The zero-order valence-corrected chi connectivity index (χ0v) is 23.2. The molecule has 0 unspecified atom stereocenters. The number of rotatable bonds is 9. The van der Waals surface area contributed by atoms with Crippen LogP contribution in [0.3, 0.4) is 0 Å². The molecule has 38 heavy (non-hydrogen) atoms. The van der Waals surface area contributed by atoms with Crippen LogP contribution in [0.15, 0.2) is 65.8 Å². The van der Waals surface area contributed by atoms with Crippen molar-refractivity contribution in [3.8, 4) is 0 Å². The highest BCUT2D eigenvalue weighted by Crippen LogP contribution is 2.38. The van der Waals surface area contributed by atoms with Crippen LogP contribution in [-0.2, 0) is 27.2 Å². The molecular weight excluding hydrogens is 502 g/mol. The van der Waals surface area contributed by atoms with Crippen molar-refractivity contribution in [2.75, 3.05) is 20.1 Å². The van der Waals surface area contributed by atoms with E-state index in [-0.39, 0.29) is 42.6 Å². The van der Waals surface area contributed by atoms with E-state index >= 15 is 0 Å². The first-order chi connectivity index (χ1) is 17.7. The van der Waals surface area contributed by atoms with Gasteiger partial charge in [-0.15, -0.1) is 12.4 Å². The normalized spacial score (nSPS) is 19.5. The van der Waals surface area contributed by atoms with Crippen molar-refractivity contribution < 1.29 is 14.4 Å². The van der Waals surface area contributed by atoms with Crippen LogP contribution < -0.4 is 5.84 Å². The third-order valence-electron chi connectivity index (χ3n) is 7.42. The second-order valence-corrected chi connectivity index (χ2v) is 10.4. The fourth-order valence-corrected chi connectivity index (χ4v) is 5.40. The molecule has 0 aliphatic carbocycles. The van der Waals surface area contributed by atoms with Gasteiger partial charge in [0, 0.05) is 32.5 Å². The summed E-state index contributed by atoms with van der Waals surface area (Å²) in [7, 11) is 1.67. The smallest absolute Gasteiger partial charge is 0.256 e. The summed E-state index contributed by atoms with van der Waals surface area (Å²) in [5.74, 6) is 5.39. The number of fused-ring (bicyclic) bond motifs is 1. The van der Waals surface area contributed by atoms with Crippen molar-refractivity contribution >= 4 is 35.8 Å². The minimum absolute atomic E-state index is 0. The third kappa shape index (κ3) is 6.08. The topological polar surface area (TPSA) is 99.3 Å². The molecule has 0 spiro atoms. The van der Waals surface area contributed by atoms with E-state index in [0.29, 0.717) is 32.2 Å². The van der Waals surface area contributed by atoms with Gasteiger partial charge >= 0.3 is 0 Å². The fourth-order valence-electron chi connectivity index (χ4n) is 5.40. The number of hydrogen-bond acceptors (Lipinski definition) is 5. The summed E-state index contributed by atoms with van der Waals surface area (Å²) in [6, 6.07) is 19.1. The van der Waals surface area contributed by atoms with Gasteiger partial charge in [-0.1, -0.05) is 74.5 Å². The molecule has 2 aliphatic heterocycles. The van der Waals surface area contributed by atoms with Crippen molar-refractivity contribution in [2.45, 2.75) is 52.0 Å². The van der Waals surface area contributed by atoms with E-state index in [0.717, 1.165) is 22.7 Å². The standard InChI is InChI=1S/C29H37N5O3.ClH/c1-21(2)26(35)34(30)24(16-10-15-22-11-6-4-7-12-22)27(36)33-18-17-25-29(20-33,28(37)32(3)31-25)19-23-13-8-5-9-14-23;/h4-9,11-14,21,24H,10,15-20,30H2,1-3H3;1H/t24-,29-;/m1./s1. The SMILES string of the molecule is CC(C)C(=O)N(N)[C@H](CCCc1ccccc1)C(=O)N1CCC2=NN(C)C(=O)[C@]2(Cc2ccccc2)C1.Cl. The number of hydrazine groups is 1. The van der Waals surface area contributed by atoms with E-state index in [2.05, 4.69) is 17.2 Å².